The van der Waals surface area contributed by atoms with Gasteiger partial charge in [-0.3, -0.25) is 0 Å². The maximum atomic E-state index is 12.8. The molecule has 0 unspecified atom stereocenters. The summed E-state index contributed by atoms with van der Waals surface area (Å²) in [5, 5.41) is 6.30. The van der Waals surface area contributed by atoms with Crippen molar-refractivity contribution in [1.29, 1.82) is 0 Å². The Kier molecular flexibility index (Phi) is 6.89. The Hall–Kier alpha value is -3.13. The Morgan fingerprint density at radius 2 is 1.63 bits per heavy atom. The number of alkyl halides is 3. The van der Waals surface area contributed by atoms with Gasteiger partial charge in [-0.05, 0) is 51.3 Å². The first-order valence-electron chi connectivity index (χ1n) is 9.58. The summed E-state index contributed by atoms with van der Waals surface area (Å²) >= 11 is 0. The van der Waals surface area contributed by atoms with E-state index in [1.807, 2.05) is 44.4 Å². The number of nitrogens with one attached hydrogen (secondary N) is 2. The second kappa shape index (κ2) is 9.58. The lowest BCUT2D eigenvalue weighted by atomic mass is 10.1. The average molecular weight is 415 g/mol. The van der Waals surface area contributed by atoms with Gasteiger partial charge in [0.05, 0.1) is 11.3 Å². The van der Waals surface area contributed by atoms with E-state index < -0.39 is 11.7 Å². The molecule has 0 aliphatic rings. The highest BCUT2D eigenvalue weighted by Gasteiger charge is 2.29. The summed E-state index contributed by atoms with van der Waals surface area (Å²) in [6.07, 6.45) is -3.44. The molecule has 0 saturated heterocycles. The van der Waals surface area contributed by atoms with Crippen LogP contribution in [0.15, 0.2) is 60.7 Å². The van der Waals surface area contributed by atoms with Crippen LogP contribution in [-0.2, 0) is 6.18 Å². The third-order valence-electron chi connectivity index (χ3n) is 4.35. The van der Waals surface area contributed by atoms with E-state index in [4.69, 9.17) is 0 Å². The Labute approximate surface area is 174 Å². The van der Waals surface area contributed by atoms with Crippen LogP contribution in [0.25, 0.3) is 11.3 Å². The van der Waals surface area contributed by atoms with Crippen LogP contribution in [0.2, 0.25) is 0 Å². The van der Waals surface area contributed by atoms with Crippen molar-refractivity contribution in [3.63, 3.8) is 0 Å². The van der Waals surface area contributed by atoms with Crippen molar-refractivity contribution in [3.05, 3.63) is 66.2 Å². The largest absolute Gasteiger partial charge is 0.416 e. The molecule has 3 aromatic rings. The molecule has 8 heteroatoms. The fraction of sp³-hybridized carbons (Fsp3) is 0.273. The summed E-state index contributed by atoms with van der Waals surface area (Å²) in [6.45, 7) is 1.64. The first-order chi connectivity index (χ1) is 14.3. The first-order valence-corrected chi connectivity index (χ1v) is 9.58. The Morgan fingerprint density at radius 3 is 2.27 bits per heavy atom. The van der Waals surface area contributed by atoms with E-state index in [-0.39, 0.29) is 0 Å². The summed E-state index contributed by atoms with van der Waals surface area (Å²) in [5.74, 6) is 0.961. The monoisotopic (exact) mass is 415 g/mol. The zero-order valence-corrected chi connectivity index (χ0v) is 16.9. The van der Waals surface area contributed by atoms with Gasteiger partial charge in [-0.2, -0.15) is 18.2 Å². The molecule has 0 spiro atoms. The molecule has 1 heterocycles. The molecule has 0 atom stereocenters. The molecule has 3 rings (SSSR count). The van der Waals surface area contributed by atoms with Crippen LogP contribution in [0.3, 0.4) is 0 Å². The molecule has 2 aromatic carbocycles. The second-order valence-corrected chi connectivity index (χ2v) is 7.11. The maximum Gasteiger partial charge on any atom is 0.416 e. The summed E-state index contributed by atoms with van der Waals surface area (Å²) in [6, 6.07) is 16.3. The quantitative estimate of drug-likeness (QED) is 0.491. The van der Waals surface area contributed by atoms with E-state index in [2.05, 4.69) is 25.5 Å². The zero-order chi connectivity index (χ0) is 21.6. The van der Waals surface area contributed by atoms with Gasteiger partial charge in [0, 0.05) is 23.9 Å². The minimum absolute atomic E-state index is 0.463. The van der Waals surface area contributed by atoms with Crippen LogP contribution < -0.4 is 10.6 Å². The highest BCUT2D eigenvalue weighted by Crippen LogP contribution is 2.30. The Morgan fingerprint density at radius 1 is 0.933 bits per heavy atom. The summed E-state index contributed by atoms with van der Waals surface area (Å²) < 4.78 is 38.4. The van der Waals surface area contributed by atoms with Gasteiger partial charge in [-0.15, -0.1) is 0 Å². The van der Waals surface area contributed by atoms with Gasteiger partial charge in [0.1, 0.15) is 5.82 Å². The zero-order valence-electron chi connectivity index (χ0n) is 16.9. The average Bonchev–Trinajstić information content (AvgIpc) is 2.71. The number of hydrogen-bond acceptors (Lipinski definition) is 5. The van der Waals surface area contributed by atoms with Crippen molar-refractivity contribution >= 4 is 17.5 Å². The van der Waals surface area contributed by atoms with Crippen LogP contribution in [0.4, 0.5) is 30.6 Å². The van der Waals surface area contributed by atoms with Gasteiger partial charge in [0.15, 0.2) is 0 Å². The van der Waals surface area contributed by atoms with Crippen LogP contribution in [0.5, 0.6) is 0 Å². The lowest BCUT2D eigenvalue weighted by molar-refractivity contribution is -0.137. The highest BCUT2D eigenvalue weighted by atomic mass is 19.4. The molecule has 0 bridgehead atoms. The standard InChI is InChI=1S/C22H24F3N5/c1-30(2)14-6-13-26-21-28-19(16-7-4-3-5-8-16)15-20(29-21)27-18-11-9-17(10-12-18)22(23,24)25/h3-5,7-12,15H,6,13-14H2,1-2H3,(H2,26,27,28,29). The number of aromatic nitrogens is 2. The minimum atomic E-state index is -4.36. The van der Waals surface area contributed by atoms with Gasteiger partial charge in [-0.1, -0.05) is 30.3 Å². The maximum absolute atomic E-state index is 12.8. The van der Waals surface area contributed by atoms with E-state index in [1.54, 1.807) is 6.07 Å². The van der Waals surface area contributed by atoms with Crippen LogP contribution in [0.1, 0.15) is 12.0 Å². The fourth-order valence-corrected chi connectivity index (χ4v) is 2.83. The molecule has 0 saturated carbocycles. The van der Waals surface area contributed by atoms with Crippen molar-refractivity contribution in [1.82, 2.24) is 14.9 Å². The van der Waals surface area contributed by atoms with Crippen LogP contribution >= 0.6 is 0 Å². The third-order valence-corrected chi connectivity index (χ3v) is 4.35. The third kappa shape index (κ3) is 6.18. The molecule has 0 radical (unpaired) electrons. The van der Waals surface area contributed by atoms with Gasteiger partial charge >= 0.3 is 6.18 Å². The summed E-state index contributed by atoms with van der Waals surface area (Å²) in [4.78, 5) is 11.2. The van der Waals surface area contributed by atoms with Crippen molar-refractivity contribution in [3.8, 4) is 11.3 Å². The van der Waals surface area contributed by atoms with Gasteiger partial charge in [-0.25, -0.2) is 4.98 Å². The topological polar surface area (TPSA) is 53.1 Å². The van der Waals surface area contributed by atoms with Crippen LogP contribution in [-0.4, -0.2) is 42.1 Å². The minimum Gasteiger partial charge on any atom is -0.354 e. The molecule has 5 nitrogen and oxygen atoms in total. The summed E-state index contributed by atoms with van der Waals surface area (Å²) in [5.41, 5.74) is 1.46. The Balaban J connectivity index is 1.82. The van der Waals surface area contributed by atoms with Gasteiger partial charge in [0.2, 0.25) is 5.95 Å². The van der Waals surface area contributed by atoms with E-state index >= 15 is 0 Å². The van der Waals surface area contributed by atoms with Gasteiger partial charge in [0.25, 0.3) is 0 Å². The first kappa shape index (κ1) is 21.6. The predicted molar refractivity (Wildman–Crippen MR) is 114 cm³/mol. The van der Waals surface area contributed by atoms with E-state index in [0.717, 1.165) is 36.4 Å². The van der Waals surface area contributed by atoms with Gasteiger partial charge < -0.3 is 15.5 Å². The fourth-order valence-electron chi connectivity index (χ4n) is 2.83. The number of benzene rings is 2. The number of hydrogen-bond donors (Lipinski definition) is 2. The number of anilines is 3. The molecular weight excluding hydrogens is 391 g/mol. The van der Waals surface area contributed by atoms with Crippen molar-refractivity contribution in [2.24, 2.45) is 0 Å². The molecule has 0 aliphatic heterocycles. The molecule has 158 valence electrons. The Bertz CT molecular complexity index is 941. The van der Waals surface area contributed by atoms with E-state index in [1.165, 1.54) is 12.1 Å². The van der Waals surface area contributed by atoms with Crippen molar-refractivity contribution < 1.29 is 13.2 Å². The summed E-state index contributed by atoms with van der Waals surface area (Å²) in [7, 11) is 4.03. The van der Waals surface area contributed by atoms with Crippen molar-refractivity contribution in [2.75, 3.05) is 37.8 Å². The predicted octanol–water partition coefficient (Wildman–Crippen LogP) is 5.27. The second-order valence-electron chi connectivity index (χ2n) is 7.11. The van der Waals surface area contributed by atoms with E-state index in [9.17, 15) is 13.2 Å². The van der Waals surface area contributed by atoms with Crippen molar-refractivity contribution in [2.45, 2.75) is 12.6 Å². The smallest absolute Gasteiger partial charge is 0.354 e. The molecule has 0 fully saturated rings. The molecule has 0 amide bonds. The number of rotatable bonds is 8. The molecule has 2 N–H and O–H groups in total. The molecule has 30 heavy (non-hydrogen) atoms. The highest BCUT2D eigenvalue weighted by molar-refractivity contribution is 5.67. The van der Waals surface area contributed by atoms with E-state index in [0.29, 0.717) is 24.0 Å². The molecular formula is C22H24F3N5. The van der Waals surface area contributed by atoms with Crippen LogP contribution in [0, 0.1) is 0 Å². The normalized spacial score (nSPS) is 11.5. The molecule has 1 aromatic heterocycles. The SMILES string of the molecule is CN(C)CCCNc1nc(Nc2ccc(C(F)(F)F)cc2)cc(-c2ccccc2)n1. The lowest BCUT2D eigenvalue weighted by Gasteiger charge is -2.13. The number of nitrogens with zero attached hydrogens (tertiary/aromatic N) is 3. The lowest BCUT2D eigenvalue weighted by Crippen LogP contribution is -2.17. The molecule has 0 aliphatic carbocycles. The number of halogens is 3.